The number of unbranched alkanes of at least 4 members (excludes halogenated alkanes) is 3. The highest BCUT2D eigenvalue weighted by Gasteiger charge is 2.48. The van der Waals surface area contributed by atoms with Crippen LogP contribution in [0, 0.1) is 0 Å². The molecule has 0 radical (unpaired) electrons. The molecule has 1 aliphatic heterocycles. The third-order valence-corrected chi connectivity index (χ3v) is 5.75. The Morgan fingerprint density at radius 1 is 0.828 bits per heavy atom. The van der Waals surface area contributed by atoms with E-state index in [2.05, 4.69) is 0 Å². The van der Waals surface area contributed by atoms with Crippen molar-refractivity contribution in [1.29, 1.82) is 0 Å². The summed E-state index contributed by atoms with van der Waals surface area (Å²) in [6.07, 6.45) is -2.78. The molecule has 0 aromatic rings. The average Bonchev–Trinajstić information content (AvgIpc) is 2.70. The topological polar surface area (TPSA) is 218 Å². The highest BCUT2D eigenvalue weighted by molar-refractivity contribution is 5.00. The second-order valence-electron chi connectivity index (χ2n) is 8.03. The van der Waals surface area contributed by atoms with Crippen LogP contribution < -0.4 is 28.7 Å². The summed E-state index contributed by atoms with van der Waals surface area (Å²) in [5.74, 6) is 0. The molecule has 2 fully saturated rings. The molecule has 13 N–H and O–H groups in total. The Bertz CT molecular complexity index is 476. The molecule has 0 aromatic carbocycles. The SMILES string of the molecule is NCCCCCCO[C@@H]1[C@@H](O)[C@H](N)C[C@H](N)[C@H]1O[C@H]1O[C@H](CN)[C@@H](O)[C@H](O)[C@H]1N. The normalized spacial score (nSPS) is 43.4. The third-order valence-electron chi connectivity index (χ3n) is 5.75. The molecule has 10 atom stereocenters. The van der Waals surface area contributed by atoms with Gasteiger partial charge in [-0.1, -0.05) is 12.8 Å². The van der Waals surface area contributed by atoms with Gasteiger partial charge in [0.2, 0.25) is 0 Å². The van der Waals surface area contributed by atoms with Gasteiger partial charge >= 0.3 is 0 Å². The van der Waals surface area contributed by atoms with E-state index in [4.69, 9.17) is 42.9 Å². The van der Waals surface area contributed by atoms with Gasteiger partial charge in [0, 0.05) is 25.2 Å². The maximum Gasteiger partial charge on any atom is 0.176 e. The molecule has 1 saturated carbocycles. The number of nitrogens with two attached hydrogens (primary N) is 5. The molecular formula is C18H39N5O6. The first kappa shape index (κ1) is 24.8. The van der Waals surface area contributed by atoms with Crippen LogP contribution in [0.15, 0.2) is 0 Å². The standard InChI is InChI=1S/C18H39N5O6/c19-5-3-1-2-4-6-27-17-13(24)9(21)7-10(22)16(17)29-18-12(23)15(26)14(25)11(8-20)28-18/h9-18,24-26H,1-8,19-23H2/t9-,10+,11-,12-,13+,14-,15-,16-,17-,18-/m1/s1. The Kier molecular flexibility index (Phi) is 10.1. The fourth-order valence-corrected chi connectivity index (χ4v) is 3.89. The molecule has 29 heavy (non-hydrogen) atoms. The molecule has 2 aliphatic rings. The van der Waals surface area contributed by atoms with Gasteiger partial charge in [0.1, 0.15) is 30.5 Å². The molecule has 0 spiro atoms. The minimum atomic E-state index is -1.27. The lowest BCUT2D eigenvalue weighted by molar-refractivity contribution is -0.291. The van der Waals surface area contributed by atoms with E-state index in [1.54, 1.807) is 0 Å². The van der Waals surface area contributed by atoms with E-state index in [0.29, 0.717) is 19.6 Å². The van der Waals surface area contributed by atoms with E-state index in [9.17, 15) is 15.3 Å². The molecule has 1 saturated heterocycles. The lowest BCUT2D eigenvalue weighted by atomic mass is 9.84. The summed E-state index contributed by atoms with van der Waals surface area (Å²) in [4.78, 5) is 0. The molecule has 0 unspecified atom stereocenters. The lowest BCUT2D eigenvalue weighted by Gasteiger charge is -2.46. The highest BCUT2D eigenvalue weighted by Crippen LogP contribution is 2.28. The van der Waals surface area contributed by atoms with Crippen LogP contribution in [0.2, 0.25) is 0 Å². The Morgan fingerprint density at radius 3 is 2.17 bits per heavy atom. The maximum atomic E-state index is 10.6. The number of aliphatic hydroxyl groups is 3. The van der Waals surface area contributed by atoms with Crippen LogP contribution in [-0.2, 0) is 14.2 Å². The molecule has 1 heterocycles. The first-order valence-corrected chi connectivity index (χ1v) is 10.4. The summed E-state index contributed by atoms with van der Waals surface area (Å²) < 4.78 is 17.5. The number of aliphatic hydroxyl groups excluding tert-OH is 3. The monoisotopic (exact) mass is 421 g/mol. The molecule has 0 bridgehead atoms. The smallest absolute Gasteiger partial charge is 0.176 e. The molecule has 2 rings (SSSR count). The number of hydrogen-bond donors (Lipinski definition) is 8. The Morgan fingerprint density at radius 2 is 1.52 bits per heavy atom. The Hall–Kier alpha value is -0.440. The summed E-state index contributed by atoms with van der Waals surface area (Å²) >= 11 is 0. The summed E-state index contributed by atoms with van der Waals surface area (Å²) in [6.45, 7) is 1.06. The van der Waals surface area contributed by atoms with E-state index in [-0.39, 0.29) is 6.54 Å². The van der Waals surface area contributed by atoms with Crippen molar-refractivity contribution in [2.24, 2.45) is 28.7 Å². The predicted octanol–water partition coefficient (Wildman–Crippen LogP) is -3.57. The van der Waals surface area contributed by atoms with Gasteiger partial charge in [-0.2, -0.15) is 0 Å². The second-order valence-corrected chi connectivity index (χ2v) is 8.03. The van der Waals surface area contributed by atoms with Gasteiger partial charge in [-0.3, -0.25) is 0 Å². The lowest BCUT2D eigenvalue weighted by Crippen LogP contribution is -2.67. The number of hydrogen-bond acceptors (Lipinski definition) is 11. The third kappa shape index (κ3) is 6.28. The fourth-order valence-electron chi connectivity index (χ4n) is 3.89. The van der Waals surface area contributed by atoms with Crippen LogP contribution in [0.1, 0.15) is 32.1 Å². The predicted molar refractivity (Wildman–Crippen MR) is 106 cm³/mol. The van der Waals surface area contributed by atoms with E-state index < -0.39 is 61.0 Å². The fraction of sp³-hybridized carbons (Fsp3) is 1.00. The molecule has 172 valence electrons. The van der Waals surface area contributed by atoms with Gasteiger partial charge in [0.25, 0.3) is 0 Å². The Labute approximate surface area is 171 Å². The van der Waals surface area contributed by atoms with E-state index in [1.165, 1.54) is 0 Å². The highest BCUT2D eigenvalue weighted by atomic mass is 16.7. The summed E-state index contributed by atoms with van der Waals surface area (Å²) in [5, 5.41) is 30.8. The van der Waals surface area contributed by atoms with E-state index in [0.717, 1.165) is 25.7 Å². The van der Waals surface area contributed by atoms with Crippen molar-refractivity contribution in [3.8, 4) is 0 Å². The Balaban J connectivity index is 2.01. The summed E-state index contributed by atoms with van der Waals surface area (Å²) in [6, 6.07) is -2.08. The van der Waals surface area contributed by atoms with Crippen LogP contribution >= 0.6 is 0 Å². The first-order valence-electron chi connectivity index (χ1n) is 10.4. The van der Waals surface area contributed by atoms with Crippen molar-refractivity contribution in [2.45, 2.75) is 93.1 Å². The molecule has 0 amide bonds. The van der Waals surface area contributed by atoms with E-state index in [1.807, 2.05) is 0 Å². The van der Waals surface area contributed by atoms with Crippen LogP contribution in [0.4, 0.5) is 0 Å². The van der Waals surface area contributed by atoms with Crippen molar-refractivity contribution in [2.75, 3.05) is 19.7 Å². The van der Waals surface area contributed by atoms with Crippen molar-refractivity contribution in [3.05, 3.63) is 0 Å². The maximum absolute atomic E-state index is 10.6. The largest absolute Gasteiger partial charge is 0.389 e. The number of rotatable bonds is 10. The molecular weight excluding hydrogens is 382 g/mol. The van der Waals surface area contributed by atoms with Gasteiger partial charge in [0.15, 0.2) is 6.29 Å². The zero-order chi connectivity index (χ0) is 21.6. The minimum Gasteiger partial charge on any atom is -0.389 e. The summed E-state index contributed by atoms with van der Waals surface area (Å²) in [7, 11) is 0. The van der Waals surface area contributed by atoms with Gasteiger partial charge in [-0.05, 0) is 25.8 Å². The number of ether oxygens (including phenoxy) is 3. The second kappa shape index (κ2) is 11.8. The zero-order valence-corrected chi connectivity index (χ0v) is 16.9. The molecule has 0 aromatic heterocycles. The van der Waals surface area contributed by atoms with Gasteiger partial charge < -0.3 is 58.2 Å². The van der Waals surface area contributed by atoms with Crippen LogP contribution in [-0.4, -0.2) is 96.1 Å². The summed E-state index contributed by atoms with van der Waals surface area (Å²) in [5.41, 5.74) is 29.3. The van der Waals surface area contributed by atoms with Crippen LogP contribution in [0.3, 0.4) is 0 Å². The molecule has 11 nitrogen and oxygen atoms in total. The first-order chi connectivity index (χ1) is 13.8. The van der Waals surface area contributed by atoms with Gasteiger partial charge in [-0.15, -0.1) is 0 Å². The van der Waals surface area contributed by atoms with Crippen molar-refractivity contribution >= 4 is 0 Å². The van der Waals surface area contributed by atoms with Crippen molar-refractivity contribution < 1.29 is 29.5 Å². The quantitative estimate of drug-likeness (QED) is 0.161. The van der Waals surface area contributed by atoms with Crippen LogP contribution in [0.5, 0.6) is 0 Å². The zero-order valence-electron chi connectivity index (χ0n) is 16.9. The minimum absolute atomic E-state index is 0.0161. The van der Waals surface area contributed by atoms with Gasteiger partial charge in [-0.25, -0.2) is 0 Å². The molecule has 11 heteroatoms. The van der Waals surface area contributed by atoms with Crippen LogP contribution in [0.25, 0.3) is 0 Å². The van der Waals surface area contributed by atoms with Gasteiger partial charge in [0.05, 0.1) is 12.1 Å². The molecule has 1 aliphatic carbocycles. The van der Waals surface area contributed by atoms with E-state index >= 15 is 0 Å². The van der Waals surface area contributed by atoms with Crippen molar-refractivity contribution in [1.82, 2.24) is 0 Å². The van der Waals surface area contributed by atoms with Crippen molar-refractivity contribution in [3.63, 3.8) is 0 Å². The average molecular weight is 422 g/mol.